The molecule has 0 spiro atoms. The van der Waals surface area contributed by atoms with Crippen molar-refractivity contribution in [1.29, 1.82) is 0 Å². The van der Waals surface area contributed by atoms with Gasteiger partial charge in [-0.15, -0.1) is 0 Å². The molecule has 2 rings (SSSR count). The van der Waals surface area contributed by atoms with Gasteiger partial charge in [-0.05, 0) is 32.9 Å². The minimum atomic E-state index is -3.69. The van der Waals surface area contributed by atoms with Crippen LogP contribution in [0.1, 0.15) is 25.8 Å². The molecule has 1 fully saturated rings. The Morgan fingerprint density at radius 1 is 1.30 bits per heavy atom. The van der Waals surface area contributed by atoms with Crippen molar-refractivity contribution >= 4 is 10.1 Å². The van der Waals surface area contributed by atoms with E-state index in [0.717, 1.165) is 5.56 Å². The van der Waals surface area contributed by atoms with Crippen LogP contribution in [0.4, 0.5) is 0 Å². The topological polar surface area (TPSA) is 61.8 Å². The average molecular weight is 300 g/mol. The third kappa shape index (κ3) is 4.02. The van der Waals surface area contributed by atoms with Crippen LogP contribution in [0, 0.1) is 6.92 Å². The molecule has 1 aromatic carbocycles. The Morgan fingerprint density at radius 3 is 2.50 bits per heavy atom. The summed E-state index contributed by atoms with van der Waals surface area (Å²) in [5, 5.41) is 0. The number of aryl methyl sites for hydroxylation is 1. The van der Waals surface area contributed by atoms with Crippen molar-refractivity contribution in [2.45, 2.75) is 44.0 Å². The van der Waals surface area contributed by atoms with Crippen molar-refractivity contribution in [3.63, 3.8) is 0 Å². The maximum absolute atomic E-state index is 12.0. The van der Waals surface area contributed by atoms with Crippen molar-refractivity contribution in [3.8, 4) is 0 Å². The Morgan fingerprint density at radius 2 is 1.95 bits per heavy atom. The van der Waals surface area contributed by atoms with Gasteiger partial charge in [0.2, 0.25) is 0 Å². The smallest absolute Gasteiger partial charge is 0.296 e. The van der Waals surface area contributed by atoms with Crippen LogP contribution in [0.25, 0.3) is 0 Å². The molecule has 112 valence electrons. The molecular formula is C14H20O5S. The number of hydrogen-bond donors (Lipinski definition) is 0. The van der Waals surface area contributed by atoms with Crippen LogP contribution in [-0.2, 0) is 23.8 Å². The van der Waals surface area contributed by atoms with Gasteiger partial charge in [-0.2, -0.15) is 8.42 Å². The van der Waals surface area contributed by atoms with E-state index < -0.39 is 15.9 Å². The molecule has 0 radical (unpaired) electrons. The van der Waals surface area contributed by atoms with Gasteiger partial charge in [-0.1, -0.05) is 17.7 Å². The highest BCUT2D eigenvalue weighted by Gasteiger charge is 2.32. The minimum absolute atomic E-state index is 0.0836. The van der Waals surface area contributed by atoms with E-state index in [0.29, 0.717) is 13.0 Å². The van der Waals surface area contributed by atoms with Crippen LogP contribution in [0.3, 0.4) is 0 Å². The molecule has 1 saturated heterocycles. The maximum atomic E-state index is 12.0. The second-order valence-corrected chi connectivity index (χ2v) is 6.94. The Bertz CT molecular complexity index is 547. The first-order valence-electron chi connectivity index (χ1n) is 6.56. The lowest BCUT2D eigenvalue weighted by Gasteiger charge is -2.16. The van der Waals surface area contributed by atoms with Crippen LogP contribution < -0.4 is 0 Å². The van der Waals surface area contributed by atoms with E-state index >= 15 is 0 Å². The van der Waals surface area contributed by atoms with E-state index in [1.165, 1.54) is 0 Å². The van der Waals surface area contributed by atoms with Gasteiger partial charge in [-0.25, -0.2) is 0 Å². The zero-order chi connectivity index (χ0) is 14.8. The number of hydrogen-bond acceptors (Lipinski definition) is 5. The molecule has 1 aromatic rings. The van der Waals surface area contributed by atoms with Crippen LogP contribution >= 0.6 is 0 Å². The SMILES string of the molecule is Cc1ccc(S(=O)(=O)OCCC2COC(C)(C)O2)cc1. The summed E-state index contributed by atoms with van der Waals surface area (Å²) >= 11 is 0. The summed E-state index contributed by atoms with van der Waals surface area (Å²) in [6.07, 6.45) is 0.354. The van der Waals surface area contributed by atoms with Crippen molar-refractivity contribution in [1.82, 2.24) is 0 Å². The lowest BCUT2D eigenvalue weighted by molar-refractivity contribution is -0.139. The Kier molecular flexibility index (Phi) is 4.49. The number of ether oxygens (including phenoxy) is 2. The zero-order valence-corrected chi connectivity index (χ0v) is 12.8. The summed E-state index contributed by atoms with van der Waals surface area (Å²) in [6.45, 7) is 6.10. The highest BCUT2D eigenvalue weighted by atomic mass is 32.2. The highest BCUT2D eigenvalue weighted by molar-refractivity contribution is 7.86. The van der Waals surface area contributed by atoms with E-state index in [1.807, 2.05) is 20.8 Å². The second-order valence-electron chi connectivity index (χ2n) is 5.33. The van der Waals surface area contributed by atoms with Gasteiger partial charge in [0.15, 0.2) is 5.79 Å². The lowest BCUT2D eigenvalue weighted by Crippen LogP contribution is -2.22. The predicted molar refractivity (Wildman–Crippen MR) is 73.8 cm³/mol. The molecule has 6 heteroatoms. The molecule has 0 N–H and O–H groups in total. The molecule has 1 heterocycles. The van der Waals surface area contributed by atoms with E-state index in [1.54, 1.807) is 24.3 Å². The summed E-state index contributed by atoms with van der Waals surface area (Å²) in [5.41, 5.74) is 1.00. The fourth-order valence-corrected chi connectivity index (χ4v) is 2.89. The molecule has 1 aliphatic heterocycles. The largest absolute Gasteiger partial charge is 0.348 e. The van der Waals surface area contributed by atoms with Crippen LogP contribution in [-0.4, -0.2) is 33.5 Å². The van der Waals surface area contributed by atoms with Gasteiger partial charge in [0.25, 0.3) is 10.1 Å². The molecule has 0 aliphatic carbocycles. The second kappa shape index (κ2) is 5.81. The molecule has 20 heavy (non-hydrogen) atoms. The van der Waals surface area contributed by atoms with Crippen molar-refractivity contribution in [2.24, 2.45) is 0 Å². The van der Waals surface area contributed by atoms with E-state index in [9.17, 15) is 8.42 Å². The number of benzene rings is 1. The first-order chi connectivity index (χ1) is 9.28. The average Bonchev–Trinajstić information content (AvgIpc) is 2.69. The zero-order valence-electron chi connectivity index (χ0n) is 12.0. The summed E-state index contributed by atoms with van der Waals surface area (Å²) in [4.78, 5) is 0.173. The van der Waals surface area contributed by atoms with Gasteiger partial charge in [-0.3, -0.25) is 4.18 Å². The molecule has 1 aliphatic rings. The summed E-state index contributed by atoms with van der Waals surface area (Å²) in [6, 6.07) is 6.57. The molecule has 1 unspecified atom stereocenters. The van der Waals surface area contributed by atoms with Gasteiger partial charge in [0.1, 0.15) is 0 Å². The first-order valence-corrected chi connectivity index (χ1v) is 7.97. The Hall–Kier alpha value is -0.950. The van der Waals surface area contributed by atoms with Crippen LogP contribution in [0.5, 0.6) is 0 Å². The molecule has 0 aromatic heterocycles. The molecule has 0 bridgehead atoms. The maximum Gasteiger partial charge on any atom is 0.296 e. The highest BCUT2D eigenvalue weighted by Crippen LogP contribution is 2.24. The van der Waals surface area contributed by atoms with Crippen LogP contribution in [0.15, 0.2) is 29.2 Å². The fraction of sp³-hybridized carbons (Fsp3) is 0.571. The fourth-order valence-electron chi connectivity index (χ4n) is 1.97. The summed E-state index contributed by atoms with van der Waals surface area (Å²) in [5.74, 6) is -0.597. The minimum Gasteiger partial charge on any atom is -0.348 e. The quantitative estimate of drug-likeness (QED) is 0.780. The van der Waals surface area contributed by atoms with Gasteiger partial charge < -0.3 is 9.47 Å². The van der Waals surface area contributed by atoms with Gasteiger partial charge in [0.05, 0.1) is 24.2 Å². The third-order valence-electron chi connectivity index (χ3n) is 3.06. The standard InChI is InChI=1S/C14H20O5S/c1-11-4-6-13(7-5-11)20(15,16)18-9-8-12-10-17-14(2,3)19-12/h4-7,12H,8-10H2,1-3H3. The van der Waals surface area contributed by atoms with Gasteiger partial charge in [0, 0.05) is 6.42 Å². The van der Waals surface area contributed by atoms with Crippen molar-refractivity contribution < 1.29 is 22.1 Å². The molecule has 5 nitrogen and oxygen atoms in total. The molecular weight excluding hydrogens is 280 g/mol. The normalized spacial score (nSPS) is 22.1. The monoisotopic (exact) mass is 300 g/mol. The van der Waals surface area contributed by atoms with E-state index in [2.05, 4.69) is 0 Å². The van der Waals surface area contributed by atoms with E-state index in [4.69, 9.17) is 13.7 Å². The Labute approximate surface area is 120 Å². The van der Waals surface area contributed by atoms with Crippen molar-refractivity contribution in [3.05, 3.63) is 29.8 Å². The third-order valence-corrected chi connectivity index (χ3v) is 4.38. The molecule has 0 saturated carbocycles. The summed E-state index contributed by atoms with van der Waals surface area (Å²) in [7, 11) is -3.69. The Balaban J connectivity index is 1.86. The number of rotatable bonds is 5. The molecule has 1 atom stereocenters. The van der Waals surface area contributed by atoms with E-state index in [-0.39, 0.29) is 17.6 Å². The summed E-state index contributed by atoms with van der Waals surface area (Å²) < 4.78 is 39.9. The predicted octanol–water partition coefficient (Wildman–Crippen LogP) is 2.24. The van der Waals surface area contributed by atoms with Gasteiger partial charge >= 0.3 is 0 Å². The first kappa shape index (κ1) is 15.4. The molecule has 0 amide bonds. The van der Waals surface area contributed by atoms with Crippen LogP contribution in [0.2, 0.25) is 0 Å². The lowest BCUT2D eigenvalue weighted by atomic mass is 10.2. The van der Waals surface area contributed by atoms with Crippen molar-refractivity contribution in [2.75, 3.05) is 13.2 Å².